The molecule has 0 atom stereocenters. The van der Waals surface area contributed by atoms with E-state index in [0.29, 0.717) is 5.56 Å². The Bertz CT molecular complexity index is 992. The van der Waals surface area contributed by atoms with Crippen molar-refractivity contribution >= 4 is 23.6 Å². The van der Waals surface area contributed by atoms with Gasteiger partial charge in [-0.15, -0.1) is 0 Å². The van der Waals surface area contributed by atoms with Gasteiger partial charge in [0.2, 0.25) is 0 Å². The highest BCUT2D eigenvalue weighted by atomic mass is 16.5. The van der Waals surface area contributed by atoms with Gasteiger partial charge in [-0.2, -0.15) is 0 Å². The summed E-state index contributed by atoms with van der Waals surface area (Å²) in [5.74, 6) is -2.41. The van der Waals surface area contributed by atoms with Gasteiger partial charge in [0.05, 0.1) is 30.3 Å². The minimum Gasteiger partial charge on any atom is -0.495 e. The van der Waals surface area contributed by atoms with Gasteiger partial charge < -0.3 is 15.6 Å². The highest BCUT2D eigenvalue weighted by Crippen LogP contribution is 2.28. The van der Waals surface area contributed by atoms with E-state index >= 15 is 0 Å². The normalized spacial score (nSPS) is 12.7. The van der Waals surface area contributed by atoms with Gasteiger partial charge in [0.1, 0.15) is 11.6 Å². The lowest BCUT2D eigenvalue weighted by atomic mass is 10.1. The molecule has 9 heteroatoms. The zero-order valence-corrected chi connectivity index (χ0v) is 13.0. The van der Waals surface area contributed by atoms with Crippen molar-refractivity contribution < 1.29 is 24.2 Å². The van der Waals surface area contributed by atoms with Crippen LogP contribution in [0.15, 0.2) is 29.1 Å². The van der Waals surface area contributed by atoms with E-state index in [2.05, 4.69) is 5.32 Å². The van der Waals surface area contributed by atoms with Crippen molar-refractivity contribution in [3.63, 3.8) is 0 Å². The Morgan fingerprint density at radius 1 is 1.24 bits per heavy atom. The molecule has 2 amide bonds. The second kappa shape index (κ2) is 5.78. The average Bonchev–Trinajstić information content (AvgIpc) is 2.81. The van der Waals surface area contributed by atoms with E-state index < -0.39 is 23.3 Å². The maximum atomic E-state index is 12.5. The van der Waals surface area contributed by atoms with E-state index in [9.17, 15) is 19.2 Å². The molecule has 0 bridgehead atoms. The summed E-state index contributed by atoms with van der Waals surface area (Å²) in [7, 11) is 1.38. The van der Waals surface area contributed by atoms with Crippen LogP contribution in [0.2, 0.25) is 0 Å². The number of pyridine rings is 1. The van der Waals surface area contributed by atoms with E-state index in [4.69, 9.17) is 15.6 Å². The number of carboxylic acid groups (broad SMARTS) is 1. The fourth-order valence-corrected chi connectivity index (χ4v) is 2.72. The van der Waals surface area contributed by atoms with Crippen molar-refractivity contribution in [3.05, 3.63) is 51.3 Å². The molecule has 0 fully saturated rings. The largest absolute Gasteiger partial charge is 0.495 e. The lowest BCUT2D eigenvalue weighted by molar-refractivity contribution is -0.136. The molecule has 0 aliphatic carbocycles. The lowest BCUT2D eigenvalue weighted by Crippen LogP contribution is -2.24. The number of carbonyl (C=O) groups excluding carboxylic acids is 2. The Hall–Kier alpha value is -3.62. The molecule has 1 aromatic carbocycles. The second-order valence-corrected chi connectivity index (χ2v) is 5.35. The van der Waals surface area contributed by atoms with Gasteiger partial charge in [-0.1, -0.05) is 6.07 Å². The van der Waals surface area contributed by atoms with Crippen molar-refractivity contribution in [2.24, 2.45) is 0 Å². The number of benzene rings is 1. The molecule has 0 saturated heterocycles. The molecule has 0 unspecified atom stereocenters. The number of nitrogen functional groups attached to an aromatic ring is 1. The molecule has 2 aromatic rings. The van der Waals surface area contributed by atoms with Crippen LogP contribution >= 0.6 is 0 Å². The van der Waals surface area contributed by atoms with Crippen LogP contribution < -0.4 is 21.3 Å². The van der Waals surface area contributed by atoms with Crippen LogP contribution in [-0.4, -0.2) is 34.6 Å². The maximum Gasteiger partial charge on any atom is 0.307 e. The van der Waals surface area contributed by atoms with Crippen LogP contribution in [0.5, 0.6) is 5.75 Å². The molecular formula is C16H13N3O6. The number of nitrogens with two attached hydrogens (primary N) is 1. The molecule has 25 heavy (non-hydrogen) atoms. The Morgan fingerprint density at radius 2 is 1.96 bits per heavy atom. The number of hydrogen-bond acceptors (Lipinski definition) is 6. The number of hydrogen-bond donors (Lipinski definition) is 3. The van der Waals surface area contributed by atoms with E-state index in [0.717, 1.165) is 10.6 Å². The number of carboxylic acids is 1. The SMILES string of the molecule is COc1ccc(CC(=O)O)cc1-n1c(N)c2c(cc1=O)C(=O)NC2=O. The smallest absolute Gasteiger partial charge is 0.307 e. The monoisotopic (exact) mass is 343 g/mol. The number of ether oxygens (including phenoxy) is 1. The van der Waals surface area contributed by atoms with Crippen molar-refractivity contribution in [2.75, 3.05) is 12.8 Å². The number of rotatable bonds is 4. The summed E-state index contributed by atoms with van der Waals surface area (Å²) in [6, 6.07) is 5.49. The minimum absolute atomic E-state index is 0.0931. The second-order valence-electron chi connectivity index (χ2n) is 5.35. The number of imide groups is 1. The number of carbonyl (C=O) groups is 3. The molecule has 2 heterocycles. The number of methoxy groups -OCH3 is 1. The molecule has 0 spiro atoms. The number of aromatic nitrogens is 1. The average molecular weight is 343 g/mol. The third-order valence-corrected chi connectivity index (χ3v) is 3.79. The van der Waals surface area contributed by atoms with Gasteiger partial charge in [-0.25, -0.2) is 0 Å². The summed E-state index contributed by atoms with van der Waals surface area (Å²) in [6.07, 6.45) is -0.268. The molecule has 1 aliphatic heterocycles. The first-order chi connectivity index (χ1) is 11.8. The molecule has 128 valence electrons. The van der Waals surface area contributed by atoms with Gasteiger partial charge in [0.25, 0.3) is 17.4 Å². The molecule has 3 rings (SSSR count). The summed E-state index contributed by atoms with van der Waals surface area (Å²) < 4.78 is 6.22. The molecule has 4 N–H and O–H groups in total. The fraction of sp³-hybridized carbons (Fsp3) is 0.125. The Morgan fingerprint density at radius 3 is 2.60 bits per heavy atom. The van der Waals surface area contributed by atoms with Crippen LogP contribution in [0.1, 0.15) is 26.3 Å². The first kappa shape index (κ1) is 16.2. The van der Waals surface area contributed by atoms with Crippen LogP contribution in [0.25, 0.3) is 5.69 Å². The Kier molecular flexibility index (Phi) is 3.76. The Labute approximate surface area is 140 Å². The van der Waals surface area contributed by atoms with Crippen molar-refractivity contribution in [1.29, 1.82) is 0 Å². The molecule has 1 aliphatic rings. The highest BCUT2D eigenvalue weighted by Gasteiger charge is 2.32. The van der Waals surface area contributed by atoms with E-state index in [1.807, 2.05) is 0 Å². The summed E-state index contributed by atoms with van der Waals surface area (Å²) in [5.41, 5.74) is 5.72. The van der Waals surface area contributed by atoms with E-state index in [-0.39, 0.29) is 34.8 Å². The number of nitrogens with zero attached hydrogens (tertiary/aromatic N) is 1. The first-order valence-corrected chi connectivity index (χ1v) is 7.13. The molecular weight excluding hydrogens is 330 g/mol. The zero-order chi connectivity index (χ0) is 18.3. The zero-order valence-electron chi connectivity index (χ0n) is 13.0. The quantitative estimate of drug-likeness (QED) is 0.660. The standard InChI is InChI=1S/C16H13N3O6/c1-25-10-3-2-7(5-12(21)22)4-9(10)19-11(20)6-8-13(14(19)17)16(24)18-15(8)23/h2-4,6H,5,17H2,1H3,(H,21,22)(H,18,23,24). The number of fused-ring (bicyclic) bond motifs is 1. The minimum atomic E-state index is -1.05. The van der Waals surface area contributed by atoms with Gasteiger partial charge in [0, 0.05) is 6.07 Å². The number of amides is 2. The Balaban J connectivity index is 2.29. The van der Waals surface area contributed by atoms with Crippen LogP contribution in [-0.2, 0) is 11.2 Å². The summed E-state index contributed by atoms with van der Waals surface area (Å²) in [5, 5.41) is 11.0. The first-order valence-electron chi connectivity index (χ1n) is 7.13. The predicted octanol–water partition coefficient (Wildman–Crippen LogP) is -0.0610. The van der Waals surface area contributed by atoms with Crippen molar-refractivity contribution in [1.82, 2.24) is 9.88 Å². The lowest BCUT2D eigenvalue weighted by Gasteiger charge is -2.16. The number of anilines is 1. The summed E-state index contributed by atoms with van der Waals surface area (Å²) in [4.78, 5) is 47.0. The van der Waals surface area contributed by atoms with Gasteiger partial charge >= 0.3 is 5.97 Å². The summed E-state index contributed by atoms with van der Waals surface area (Å²) in [6.45, 7) is 0. The molecule has 0 radical (unpaired) electrons. The predicted molar refractivity (Wildman–Crippen MR) is 86.1 cm³/mol. The van der Waals surface area contributed by atoms with Gasteiger partial charge in [-0.05, 0) is 17.7 Å². The number of nitrogens with one attached hydrogen (secondary N) is 1. The van der Waals surface area contributed by atoms with Crippen molar-refractivity contribution in [3.8, 4) is 11.4 Å². The topological polar surface area (TPSA) is 141 Å². The molecule has 0 saturated carbocycles. The number of aliphatic carboxylic acids is 1. The van der Waals surface area contributed by atoms with E-state index in [1.54, 1.807) is 6.07 Å². The van der Waals surface area contributed by atoms with E-state index in [1.165, 1.54) is 19.2 Å². The highest BCUT2D eigenvalue weighted by molar-refractivity contribution is 6.23. The molecule has 1 aromatic heterocycles. The third-order valence-electron chi connectivity index (χ3n) is 3.79. The fourth-order valence-electron chi connectivity index (χ4n) is 2.72. The van der Waals surface area contributed by atoms with Crippen molar-refractivity contribution in [2.45, 2.75) is 6.42 Å². The maximum absolute atomic E-state index is 12.5. The van der Waals surface area contributed by atoms with Crippen LogP contribution in [0, 0.1) is 0 Å². The van der Waals surface area contributed by atoms with Crippen LogP contribution in [0.3, 0.4) is 0 Å². The van der Waals surface area contributed by atoms with Crippen LogP contribution in [0.4, 0.5) is 5.82 Å². The third kappa shape index (κ3) is 2.61. The summed E-state index contributed by atoms with van der Waals surface area (Å²) >= 11 is 0. The molecule has 9 nitrogen and oxygen atoms in total. The van der Waals surface area contributed by atoms with Gasteiger partial charge in [0.15, 0.2) is 0 Å². The van der Waals surface area contributed by atoms with Gasteiger partial charge in [-0.3, -0.25) is 29.1 Å².